The molecule has 0 N–H and O–H groups in total. The molecule has 3 fully saturated rings. The second-order valence-electron chi connectivity index (χ2n) is 13.0. The minimum absolute atomic E-state index is 0.0903. The van der Waals surface area contributed by atoms with Crippen molar-refractivity contribution in [1.29, 1.82) is 0 Å². The first-order valence-electron chi connectivity index (χ1n) is 15.4. The summed E-state index contributed by atoms with van der Waals surface area (Å²) in [5, 5.41) is 0. The molecule has 0 amide bonds. The van der Waals surface area contributed by atoms with Crippen LogP contribution in [0.25, 0.3) is 0 Å². The van der Waals surface area contributed by atoms with Crippen LogP contribution in [0, 0.1) is 11.3 Å². The molecule has 2 saturated carbocycles. The Balaban J connectivity index is 1.78. The van der Waals surface area contributed by atoms with Gasteiger partial charge in [-0.15, -0.1) is 0 Å². The highest BCUT2D eigenvalue weighted by atomic mass is 16.6. The first-order valence-corrected chi connectivity index (χ1v) is 15.4. The van der Waals surface area contributed by atoms with Crippen molar-refractivity contribution in [3.63, 3.8) is 0 Å². The second-order valence-corrected chi connectivity index (χ2v) is 13.0. The van der Waals surface area contributed by atoms with Gasteiger partial charge in [-0.25, -0.2) is 9.59 Å². The normalized spacial score (nSPS) is 32.3. The number of ether oxygens (including phenoxy) is 6. The van der Waals surface area contributed by atoms with E-state index in [4.69, 9.17) is 28.4 Å². The lowest BCUT2D eigenvalue weighted by atomic mass is 9.47. The Kier molecular flexibility index (Phi) is 8.76. The van der Waals surface area contributed by atoms with Gasteiger partial charge in [0.05, 0.1) is 16.7 Å². The maximum Gasteiger partial charge on any atom is 0.338 e. The zero-order chi connectivity index (χ0) is 33.5. The lowest BCUT2D eigenvalue weighted by molar-refractivity contribution is -0.339. The largest absolute Gasteiger partial charge is 0.465 e. The quantitative estimate of drug-likeness (QED) is 0.297. The van der Waals surface area contributed by atoms with Crippen LogP contribution in [0.4, 0.5) is 0 Å². The highest BCUT2D eigenvalue weighted by Gasteiger charge is 2.86. The third-order valence-corrected chi connectivity index (χ3v) is 9.76. The van der Waals surface area contributed by atoms with Gasteiger partial charge >= 0.3 is 29.8 Å². The average molecular weight is 637 g/mol. The van der Waals surface area contributed by atoms with Gasteiger partial charge in [0.25, 0.3) is 0 Å². The molecular formula is C35H40O11. The smallest absolute Gasteiger partial charge is 0.338 e. The summed E-state index contributed by atoms with van der Waals surface area (Å²) in [6, 6.07) is 16.7. The molecule has 46 heavy (non-hydrogen) atoms. The van der Waals surface area contributed by atoms with Crippen molar-refractivity contribution < 1.29 is 52.4 Å². The van der Waals surface area contributed by atoms with Crippen LogP contribution >= 0.6 is 0 Å². The van der Waals surface area contributed by atoms with E-state index in [-0.39, 0.29) is 30.4 Å². The minimum atomic E-state index is -1.84. The van der Waals surface area contributed by atoms with Gasteiger partial charge < -0.3 is 28.4 Å². The van der Waals surface area contributed by atoms with Crippen molar-refractivity contribution in [2.45, 2.75) is 95.9 Å². The molecule has 2 bridgehead atoms. The topological polar surface area (TPSA) is 141 Å². The van der Waals surface area contributed by atoms with Crippen molar-refractivity contribution in [1.82, 2.24) is 0 Å². The van der Waals surface area contributed by atoms with Gasteiger partial charge in [0, 0.05) is 26.7 Å². The summed E-state index contributed by atoms with van der Waals surface area (Å²) in [5.74, 6) is -3.83. The highest BCUT2D eigenvalue weighted by Crippen LogP contribution is 2.69. The first kappa shape index (κ1) is 33.1. The van der Waals surface area contributed by atoms with Crippen LogP contribution in [0.1, 0.15) is 81.5 Å². The van der Waals surface area contributed by atoms with E-state index in [1.807, 2.05) is 13.8 Å². The van der Waals surface area contributed by atoms with Crippen LogP contribution in [0.5, 0.6) is 0 Å². The molecule has 11 nitrogen and oxygen atoms in total. The molecule has 1 saturated heterocycles. The van der Waals surface area contributed by atoms with Gasteiger partial charge in [-0.3, -0.25) is 14.4 Å². The Morgan fingerprint density at radius 2 is 1.30 bits per heavy atom. The minimum Gasteiger partial charge on any atom is -0.465 e. The molecule has 11 heteroatoms. The van der Waals surface area contributed by atoms with E-state index in [1.54, 1.807) is 67.6 Å². The summed E-state index contributed by atoms with van der Waals surface area (Å²) in [4.78, 5) is 65.5. The lowest BCUT2D eigenvalue weighted by Crippen LogP contribution is -2.81. The van der Waals surface area contributed by atoms with E-state index < -0.39 is 82.9 Å². The standard InChI is InChI=1S/C35H40O11/c1-21(36)41-20-34-27(42-22(2)37)17-18-33(6,45-31(40)25-15-11-8-12-16-25)35(34)29(43-23(3)38)26(32(4,5)46-35)19-28(34)44-30(39)24-13-9-7-10-14-24/h7-16,26-29H,17-20H2,1-6H3/t26-,27+,28+,29-,33+,34+,35+/m1/s1. The number of hydrogen-bond donors (Lipinski definition) is 0. The molecule has 0 radical (unpaired) electrons. The molecule has 1 spiro atoms. The number of carbonyl (C=O) groups excluding carboxylic acids is 5. The third kappa shape index (κ3) is 5.44. The molecule has 0 unspecified atom stereocenters. The SMILES string of the molecule is CC(=O)OC[C@@]12[C@@H](OC(C)=O)CC[C@](C)(OC(=O)c3ccccc3)[C@]13OC(C)(C)[C@H](C[C@@H]2OC(=O)c1ccccc1)[C@H]3OC(C)=O. The number of benzene rings is 2. The fourth-order valence-electron chi connectivity index (χ4n) is 7.95. The number of esters is 5. The molecule has 7 atom stereocenters. The summed E-state index contributed by atoms with van der Waals surface area (Å²) in [7, 11) is 0. The average Bonchev–Trinajstić information content (AvgIpc) is 3.16. The van der Waals surface area contributed by atoms with Crippen LogP contribution in [-0.4, -0.2) is 71.6 Å². The van der Waals surface area contributed by atoms with E-state index in [1.165, 1.54) is 20.8 Å². The Hall–Kier alpha value is -4.25. The van der Waals surface area contributed by atoms with Crippen LogP contribution < -0.4 is 0 Å². The molecule has 2 aromatic carbocycles. The maximum atomic E-state index is 13.8. The van der Waals surface area contributed by atoms with Crippen LogP contribution in [-0.2, 0) is 42.8 Å². The number of rotatable bonds is 8. The molecule has 0 aromatic heterocycles. The van der Waals surface area contributed by atoms with Crippen molar-refractivity contribution in [3.8, 4) is 0 Å². The van der Waals surface area contributed by atoms with Crippen molar-refractivity contribution in [2.24, 2.45) is 11.3 Å². The van der Waals surface area contributed by atoms with Crippen LogP contribution in [0.15, 0.2) is 60.7 Å². The number of hydrogen-bond acceptors (Lipinski definition) is 11. The zero-order valence-electron chi connectivity index (χ0n) is 26.9. The Morgan fingerprint density at radius 1 is 0.739 bits per heavy atom. The van der Waals surface area contributed by atoms with Crippen molar-refractivity contribution >= 4 is 29.8 Å². The Labute approximate surface area is 267 Å². The Morgan fingerprint density at radius 3 is 1.85 bits per heavy atom. The first-order chi connectivity index (χ1) is 21.7. The van der Waals surface area contributed by atoms with E-state index in [0.29, 0.717) is 0 Å². The molecule has 3 aliphatic rings. The van der Waals surface area contributed by atoms with Gasteiger partial charge in [-0.1, -0.05) is 36.4 Å². The van der Waals surface area contributed by atoms with E-state index >= 15 is 0 Å². The summed E-state index contributed by atoms with van der Waals surface area (Å²) in [6.45, 7) is 8.57. The maximum absolute atomic E-state index is 13.8. The highest BCUT2D eigenvalue weighted by molar-refractivity contribution is 5.90. The molecule has 1 aliphatic heterocycles. The fourth-order valence-corrected chi connectivity index (χ4v) is 7.95. The predicted molar refractivity (Wildman–Crippen MR) is 161 cm³/mol. The summed E-state index contributed by atoms with van der Waals surface area (Å²) < 4.78 is 37.6. The summed E-state index contributed by atoms with van der Waals surface area (Å²) in [6.07, 6.45) is -2.97. The number of carbonyl (C=O) groups is 5. The monoisotopic (exact) mass is 636 g/mol. The summed E-state index contributed by atoms with van der Waals surface area (Å²) in [5.41, 5.74) is -5.63. The van der Waals surface area contributed by atoms with E-state index in [0.717, 1.165) is 0 Å². The molecule has 5 rings (SSSR count). The van der Waals surface area contributed by atoms with Gasteiger partial charge in [0.1, 0.15) is 35.9 Å². The lowest BCUT2D eigenvalue weighted by Gasteiger charge is -2.65. The molecule has 2 aliphatic carbocycles. The Bertz CT molecular complexity index is 1500. The molecule has 2 aromatic rings. The molecular weight excluding hydrogens is 596 g/mol. The van der Waals surface area contributed by atoms with E-state index in [9.17, 15) is 24.0 Å². The molecule has 246 valence electrons. The fraction of sp³-hybridized carbons (Fsp3) is 0.514. The van der Waals surface area contributed by atoms with Gasteiger partial charge in [0.15, 0.2) is 5.60 Å². The van der Waals surface area contributed by atoms with Crippen molar-refractivity contribution in [3.05, 3.63) is 71.8 Å². The van der Waals surface area contributed by atoms with Crippen molar-refractivity contribution in [2.75, 3.05) is 6.61 Å². The number of fused-ring (bicyclic) bond motifs is 1. The zero-order valence-corrected chi connectivity index (χ0v) is 26.9. The second kappa shape index (κ2) is 12.2. The molecule has 1 heterocycles. The van der Waals surface area contributed by atoms with Gasteiger partial charge in [-0.05, 0) is 64.3 Å². The summed E-state index contributed by atoms with van der Waals surface area (Å²) >= 11 is 0. The predicted octanol–water partition coefficient (Wildman–Crippen LogP) is 4.60. The van der Waals surface area contributed by atoms with Gasteiger partial charge in [0.2, 0.25) is 0 Å². The van der Waals surface area contributed by atoms with Crippen LogP contribution in [0.2, 0.25) is 0 Å². The van der Waals surface area contributed by atoms with E-state index in [2.05, 4.69) is 0 Å². The van der Waals surface area contributed by atoms with Crippen LogP contribution in [0.3, 0.4) is 0 Å². The van der Waals surface area contributed by atoms with Gasteiger partial charge in [-0.2, -0.15) is 0 Å². The third-order valence-electron chi connectivity index (χ3n) is 9.76.